The van der Waals surface area contributed by atoms with Crippen molar-refractivity contribution in [3.8, 4) is 11.5 Å². The maximum atomic E-state index is 11.3. The van der Waals surface area contributed by atoms with Crippen LogP contribution in [0.15, 0.2) is 18.2 Å². The van der Waals surface area contributed by atoms with Gasteiger partial charge >= 0.3 is 5.97 Å². The molecule has 1 N–H and O–H groups in total. The summed E-state index contributed by atoms with van der Waals surface area (Å²) in [4.78, 5) is 11.3. The van der Waals surface area contributed by atoms with Crippen molar-refractivity contribution in [2.45, 2.75) is 25.7 Å². The number of methoxy groups -OCH3 is 2. The zero-order chi connectivity index (χ0) is 13.1. The number of ether oxygens (including phenoxy) is 2. The third-order valence-electron chi connectivity index (χ3n) is 2.75. The van der Waals surface area contributed by atoms with E-state index in [-0.39, 0.29) is 18.1 Å². The lowest BCUT2D eigenvalue weighted by Crippen LogP contribution is -2.22. The van der Waals surface area contributed by atoms with Crippen LogP contribution in [0.5, 0.6) is 11.5 Å². The molecular weight excluding hydrogens is 220 g/mol. The van der Waals surface area contributed by atoms with Gasteiger partial charge in [0.05, 0.1) is 20.6 Å². The summed E-state index contributed by atoms with van der Waals surface area (Å²) in [6, 6.07) is 4.97. The monoisotopic (exact) mass is 238 g/mol. The Morgan fingerprint density at radius 1 is 1.35 bits per heavy atom. The van der Waals surface area contributed by atoms with Gasteiger partial charge in [0.2, 0.25) is 0 Å². The molecule has 0 unspecified atom stereocenters. The van der Waals surface area contributed by atoms with Crippen molar-refractivity contribution in [1.29, 1.82) is 0 Å². The highest BCUT2D eigenvalue weighted by atomic mass is 16.5. The third-order valence-corrected chi connectivity index (χ3v) is 2.75. The van der Waals surface area contributed by atoms with Gasteiger partial charge in [-0.2, -0.15) is 0 Å². The number of hydrogen-bond acceptors (Lipinski definition) is 4. The molecule has 0 atom stereocenters. The summed E-state index contributed by atoms with van der Waals surface area (Å²) in [5.74, 6) is 0.493. The molecule has 4 heteroatoms. The molecule has 0 aliphatic rings. The molecule has 0 aliphatic carbocycles. The molecule has 0 amide bonds. The van der Waals surface area contributed by atoms with E-state index >= 15 is 0 Å². The van der Waals surface area contributed by atoms with E-state index in [9.17, 15) is 9.90 Å². The van der Waals surface area contributed by atoms with Gasteiger partial charge < -0.3 is 14.6 Å². The standard InChI is InChI=1S/C13H18O4/c1-13(2,8-12(15)17-4)10-7-9(16-3)5-6-11(10)14/h5-7,14H,8H2,1-4H3. The van der Waals surface area contributed by atoms with Crippen molar-refractivity contribution < 1.29 is 19.4 Å². The van der Waals surface area contributed by atoms with Crippen molar-refractivity contribution in [2.24, 2.45) is 0 Å². The van der Waals surface area contributed by atoms with E-state index in [1.807, 2.05) is 13.8 Å². The van der Waals surface area contributed by atoms with E-state index in [4.69, 9.17) is 4.74 Å². The van der Waals surface area contributed by atoms with E-state index in [2.05, 4.69) is 4.74 Å². The van der Waals surface area contributed by atoms with Crippen LogP contribution in [-0.2, 0) is 14.9 Å². The smallest absolute Gasteiger partial charge is 0.306 e. The zero-order valence-electron chi connectivity index (χ0n) is 10.6. The molecule has 0 aromatic heterocycles. The van der Waals surface area contributed by atoms with Crippen LogP contribution in [0.1, 0.15) is 25.8 Å². The number of phenolic OH excluding ortho intramolecular Hbond substituents is 1. The molecule has 1 rings (SSSR count). The van der Waals surface area contributed by atoms with Crippen LogP contribution in [0.3, 0.4) is 0 Å². The first kappa shape index (κ1) is 13.4. The molecule has 0 fully saturated rings. The topological polar surface area (TPSA) is 55.8 Å². The molecule has 17 heavy (non-hydrogen) atoms. The number of benzene rings is 1. The summed E-state index contributed by atoms with van der Waals surface area (Å²) in [7, 11) is 2.91. The molecule has 0 saturated carbocycles. The van der Waals surface area contributed by atoms with Crippen LogP contribution >= 0.6 is 0 Å². The lowest BCUT2D eigenvalue weighted by Gasteiger charge is -2.25. The van der Waals surface area contributed by atoms with Gasteiger partial charge in [0.25, 0.3) is 0 Å². The third kappa shape index (κ3) is 3.12. The summed E-state index contributed by atoms with van der Waals surface area (Å²) >= 11 is 0. The summed E-state index contributed by atoms with van der Waals surface area (Å²) in [5.41, 5.74) is 0.161. The van der Waals surface area contributed by atoms with E-state index in [0.717, 1.165) is 0 Å². The molecular formula is C13H18O4. The largest absolute Gasteiger partial charge is 0.508 e. The Labute approximate surface area is 101 Å². The van der Waals surface area contributed by atoms with E-state index in [1.54, 1.807) is 25.3 Å². The Morgan fingerprint density at radius 2 is 2.00 bits per heavy atom. The highest BCUT2D eigenvalue weighted by Crippen LogP contribution is 2.36. The normalized spacial score (nSPS) is 11.1. The molecule has 0 spiro atoms. The molecule has 94 valence electrons. The van der Waals surface area contributed by atoms with Crippen LogP contribution in [0.2, 0.25) is 0 Å². The Hall–Kier alpha value is -1.71. The van der Waals surface area contributed by atoms with Crippen molar-refractivity contribution in [3.63, 3.8) is 0 Å². The summed E-state index contributed by atoms with van der Waals surface area (Å²) in [6.07, 6.45) is 0.199. The zero-order valence-corrected chi connectivity index (χ0v) is 10.6. The van der Waals surface area contributed by atoms with Gasteiger partial charge in [-0.05, 0) is 18.2 Å². The number of carbonyl (C=O) groups excluding carboxylic acids is 1. The van der Waals surface area contributed by atoms with Gasteiger partial charge in [0.15, 0.2) is 0 Å². The van der Waals surface area contributed by atoms with Crippen molar-refractivity contribution in [1.82, 2.24) is 0 Å². The van der Waals surface area contributed by atoms with Crippen LogP contribution in [0.4, 0.5) is 0 Å². The SMILES string of the molecule is COC(=O)CC(C)(C)c1cc(OC)ccc1O. The number of aromatic hydroxyl groups is 1. The van der Waals surface area contributed by atoms with Crippen LogP contribution in [0.25, 0.3) is 0 Å². The van der Waals surface area contributed by atoms with Gasteiger partial charge in [-0.3, -0.25) is 4.79 Å². The van der Waals surface area contributed by atoms with E-state index < -0.39 is 5.41 Å². The molecule has 4 nitrogen and oxygen atoms in total. The predicted octanol–water partition coefficient (Wildman–Crippen LogP) is 2.24. The quantitative estimate of drug-likeness (QED) is 0.817. The number of phenols is 1. The number of carbonyl (C=O) groups is 1. The van der Waals surface area contributed by atoms with Gasteiger partial charge in [-0.1, -0.05) is 13.8 Å². The maximum absolute atomic E-state index is 11.3. The molecule has 0 radical (unpaired) electrons. The maximum Gasteiger partial charge on any atom is 0.306 e. The fraction of sp³-hybridized carbons (Fsp3) is 0.462. The second-order valence-electron chi connectivity index (χ2n) is 4.52. The molecule has 1 aromatic carbocycles. The van der Waals surface area contributed by atoms with Crippen LogP contribution < -0.4 is 4.74 Å². The molecule has 0 aliphatic heterocycles. The fourth-order valence-corrected chi connectivity index (χ4v) is 1.71. The first-order chi connectivity index (χ1) is 7.90. The Kier molecular flexibility index (Phi) is 3.99. The second kappa shape index (κ2) is 5.08. The molecule has 0 heterocycles. The van der Waals surface area contributed by atoms with Crippen molar-refractivity contribution >= 4 is 5.97 Å². The van der Waals surface area contributed by atoms with Gasteiger partial charge in [0.1, 0.15) is 11.5 Å². The molecule has 1 aromatic rings. The number of esters is 1. The minimum Gasteiger partial charge on any atom is -0.508 e. The average Bonchev–Trinajstić information content (AvgIpc) is 2.28. The number of hydrogen-bond donors (Lipinski definition) is 1. The van der Waals surface area contributed by atoms with E-state index in [1.165, 1.54) is 7.11 Å². The van der Waals surface area contributed by atoms with Gasteiger partial charge in [-0.15, -0.1) is 0 Å². The first-order valence-corrected chi connectivity index (χ1v) is 5.35. The summed E-state index contributed by atoms with van der Waals surface area (Å²) < 4.78 is 9.76. The summed E-state index contributed by atoms with van der Waals surface area (Å²) in [5, 5.41) is 9.84. The van der Waals surface area contributed by atoms with Crippen molar-refractivity contribution in [2.75, 3.05) is 14.2 Å². The lowest BCUT2D eigenvalue weighted by atomic mass is 9.81. The Bertz CT molecular complexity index is 410. The van der Waals surface area contributed by atoms with Crippen LogP contribution in [0, 0.1) is 0 Å². The summed E-state index contributed by atoms with van der Waals surface area (Å²) in [6.45, 7) is 3.75. The average molecular weight is 238 g/mol. The Morgan fingerprint density at radius 3 is 2.53 bits per heavy atom. The van der Waals surface area contributed by atoms with Crippen molar-refractivity contribution in [3.05, 3.63) is 23.8 Å². The fourth-order valence-electron chi connectivity index (χ4n) is 1.71. The molecule has 0 saturated heterocycles. The van der Waals surface area contributed by atoms with Gasteiger partial charge in [-0.25, -0.2) is 0 Å². The lowest BCUT2D eigenvalue weighted by molar-refractivity contribution is -0.141. The van der Waals surface area contributed by atoms with Gasteiger partial charge in [0, 0.05) is 11.0 Å². The predicted molar refractivity (Wildman–Crippen MR) is 64.3 cm³/mol. The first-order valence-electron chi connectivity index (χ1n) is 5.35. The highest BCUT2D eigenvalue weighted by Gasteiger charge is 2.28. The number of rotatable bonds is 4. The minimum absolute atomic E-state index is 0.153. The minimum atomic E-state index is -0.508. The van der Waals surface area contributed by atoms with Crippen LogP contribution in [-0.4, -0.2) is 25.3 Å². The van der Waals surface area contributed by atoms with E-state index in [0.29, 0.717) is 11.3 Å². The Balaban J connectivity index is 3.08. The highest BCUT2D eigenvalue weighted by molar-refractivity contribution is 5.71. The molecule has 0 bridgehead atoms. The second-order valence-corrected chi connectivity index (χ2v) is 4.52.